The van der Waals surface area contributed by atoms with Gasteiger partial charge in [0, 0.05) is 19.0 Å². The van der Waals surface area contributed by atoms with Crippen LogP contribution in [0.25, 0.3) is 22.6 Å². The minimum Gasteiger partial charge on any atom is -0.493 e. The third-order valence-corrected chi connectivity index (χ3v) is 7.40. The van der Waals surface area contributed by atoms with Crippen LogP contribution in [0.3, 0.4) is 0 Å². The molecule has 0 amide bonds. The minimum atomic E-state index is 0. The van der Waals surface area contributed by atoms with E-state index in [1.807, 2.05) is 36.4 Å². The number of halogens is 3. The summed E-state index contributed by atoms with van der Waals surface area (Å²) in [6.45, 7) is 8.05. The fourth-order valence-corrected chi connectivity index (χ4v) is 5.08. The molecule has 0 atom stereocenters. The number of benzene rings is 2. The molecule has 0 radical (unpaired) electrons. The average Bonchev–Trinajstić information content (AvgIpc) is 3.51. The zero-order chi connectivity index (χ0) is 25.1. The van der Waals surface area contributed by atoms with Crippen LogP contribution in [-0.2, 0) is 6.42 Å². The van der Waals surface area contributed by atoms with Crippen LogP contribution in [0.15, 0.2) is 51.3 Å². The van der Waals surface area contributed by atoms with Crippen LogP contribution in [0.4, 0.5) is 0 Å². The van der Waals surface area contributed by atoms with Crippen LogP contribution in [0, 0.1) is 5.92 Å². The summed E-state index contributed by atoms with van der Waals surface area (Å²) >= 11 is 12.3. The maximum absolute atomic E-state index is 6.21. The lowest BCUT2D eigenvalue weighted by Crippen LogP contribution is -2.34. The summed E-state index contributed by atoms with van der Waals surface area (Å²) in [5.74, 6) is 3.38. The van der Waals surface area contributed by atoms with Crippen molar-refractivity contribution in [3.05, 3.63) is 64.0 Å². The van der Waals surface area contributed by atoms with Gasteiger partial charge in [0.25, 0.3) is 5.89 Å². The van der Waals surface area contributed by atoms with Crippen molar-refractivity contribution in [1.82, 2.24) is 15.1 Å². The molecule has 0 unspecified atom stereocenters. The molecule has 2 aromatic heterocycles. The quantitative estimate of drug-likeness (QED) is 0.192. The molecule has 2 aromatic carbocycles. The van der Waals surface area contributed by atoms with E-state index in [0.29, 0.717) is 46.0 Å². The van der Waals surface area contributed by atoms with E-state index in [9.17, 15) is 0 Å². The van der Waals surface area contributed by atoms with E-state index in [2.05, 4.69) is 35.0 Å². The van der Waals surface area contributed by atoms with E-state index in [4.69, 9.17) is 36.8 Å². The van der Waals surface area contributed by atoms with Gasteiger partial charge in [0.1, 0.15) is 11.3 Å². The van der Waals surface area contributed by atoms with E-state index in [1.54, 1.807) is 0 Å². The maximum atomic E-state index is 6.21. The second kappa shape index (κ2) is 12.5. The lowest BCUT2D eigenvalue weighted by molar-refractivity contribution is 0.193. The monoisotopic (exact) mass is 563 g/mol. The minimum absolute atomic E-state index is 0. The van der Waals surface area contributed by atoms with Gasteiger partial charge in [0.2, 0.25) is 5.89 Å². The molecule has 198 valence electrons. The normalized spacial score (nSPS) is 14.8. The standard InChI is InChI=1S/C28H31Cl2N3O3.ClH/c1-18(2)15-27-31-32-28(36-27)26-17-21-24(5-3-6-25(21)35-26)34-14-4-11-33-12-9-19(10-13-33)20-7-8-22(29)23(30)16-20;/h3,5-8,16-19H,4,9-15H2,1-2H3;1H. The highest BCUT2D eigenvalue weighted by molar-refractivity contribution is 6.42. The number of aromatic nitrogens is 2. The molecular weight excluding hydrogens is 533 g/mol. The summed E-state index contributed by atoms with van der Waals surface area (Å²) in [4.78, 5) is 2.51. The van der Waals surface area contributed by atoms with Gasteiger partial charge in [-0.15, -0.1) is 22.6 Å². The molecule has 1 saturated heterocycles. The van der Waals surface area contributed by atoms with Gasteiger partial charge < -0.3 is 18.5 Å². The Kier molecular flexibility index (Phi) is 9.41. The Labute approximate surface area is 233 Å². The van der Waals surface area contributed by atoms with Crippen LogP contribution < -0.4 is 4.74 Å². The van der Waals surface area contributed by atoms with Gasteiger partial charge in [-0.1, -0.05) is 49.2 Å². The Morgan fingerprint density at radius 3 is 2.59 bits per heavy atom. The molecule has 0 saturated carbocycles. The molecular formula is C28H32Cl3N3O3. The second-order valence-electron chi connectivity index (χ2n) is 9.87. The van der Waals surface area contributed by atoms with Crippen LogP contribution in [0.1, 0.15) is 50.5 Å². The van der Waals surface area contributed by atoms with Crippen molar-refractivity contribution in [3.8, 4) is 17.4 Å². The number of likely N-dealkylation sites (tertiary alicyclic amines) is 1. The number of hydrogen-bond acceptors (Lipinski definition) is 6. The number of ether oxygens (including phenoxy) is 1. The van der Waals surface area contributed by atoms with Gasteiger partial charge in [-0.25, -0.2) is 0 Å². The molecule has 0 spiro atoms. The first-order chi connectivity index (χ1) is 17.5. The van der Waals surface area contributed by atoms with Crippen molar-refractivity contribution in [1.29, 1.82) is 0 Å². The van der Waals surface area contributed by atoms with Crippen LogP contribution in [-0.4, -0.2) is 41.3 Å². The fourth-order valence-electron chi connectivity index (χ4n) is 4.78. The summed E-state index contributed by atoms with van der Waals surface area (Å²) in [6.07, 6.45) is 3.96. The molecule has 37 heavy (non-hydrogen) atoms. The average molecular weight is 565 g/mol. The molecule has 0 aliphatic carbocycles. The highest BCUT2D eigenvalue weighted by atomic mass is 35.5. The van der Waals surface area contributed by atoms with Crippen LogP contribution >= 0.6 is 35.6 Å². The lowest BCUT2D eigenvalue weighted by Gasteiger charge is -2.32. The molecule has 9 heteroatoms. The zero-order valence-electron chi connectivity index (χ0n) is 21.1. The van der Waals surface area contributed by atoms with Gasteiger partial charge in [0.15, 0.2) is 5.76 Å². The Morgan fingerprint density at radius 2 is 1.84 bits per heavy atom. The Bertz CT molecular complexity index is 1310. The lowest BCUT2D eigenvalue weighted by atomic mass is 9.89. The number of furan rings is 1. The molecule has 5 rings (SSSR count). The Balaban J connectivity index is 0.00000320. The number of hydrogen-bond donors (Lipinski definition) is 0. The molecule has 3 heterocycles. The summed E-state index contributed by atoms with van der Waals surface area (Å²) in [5.41, 5.74) is 2.03. The molecule has 0 N–H and O–H groups in total. The first-order valence-corrected chi connectivity index (χ1v) is 13.4. The summed E-state index contributed by atoms with van der Waals surface area (Å²) in [5, 5.41) is 10.5. The largest absolute Gasteiger partial charge is 0.493 e. The van der Waals surface area contributed by atoms with E-state index in [1.165, 1.54) is 5.56 Å². The SMILES string of the molecule is CC(C)Cc1nnc(-c2cc3c(OCCCN4CCC(c5ccc(Cl)c(Cl)c5)CC4)cccc3o2)o1.Cl. The Morgan fingerprint density at radius 1 is 1.03 bits per heavy atom. The van der Waals surface area contributed by atoms with E-state index in [0.717, 1.165) is 62.0 Å². The molecule has 6 nitrogen and oxygen atoms in total. The van der Waals surface area contributed by atoms with E-state index in [-0.39, 0.29) is 12.4 Å². The van der Waals surface area contributed by atoms with Crippen molar-refractivity contribution in [2.75, 3.05) is 26.2 Å². The van der Waals surface area contributed by atoms with Crippen molar-refractivity contribution in [2.24, 2.45) is 5.92 Å². The first-order valence-electron chi connectivity index (χ1n) is 12.6. The fraction of sp³-hybridized carbons (Fsp3) is 0.429. The first kappa shape index (κ1) is 27.8. The topological polar surface area (TPSA) is 64.5 Å². The maximum Gasteiger partial charge on any atom is 0.283 e. The molecule has 1 fully saturated rings. The van der Waals surface area contributed by atoms with Gasteiger partial charge in [-0.2, -0.15) is 0 Å². The Hall–Kier alpha value is -2.25. The van der Waals surface area contributed by atoms with E-state index >= 15 is 0 Å². The van der Waals surface area contributed by atoms with Crippen molar-refractivity contribution < 1.29 is 13.6 Å². The number of piperidine rings is 1. The molecule has 1 aliphatic heterocycles. The molecule has 0 bridgehead atoms. The predicted octanol–water partition coefficient (Wildman–Crippen LogP) is 8.06. The highest BCUT2D eigenvalue weighted by Gasteiger charge is 2.21. The summed E-state index contributed by atoms with van der Waals surface area (Å²) in [7, 11) is 0. The third-order valence-electron chi connectivity index (χ3n) is 6.66. The summed E-state index contributed by atoms with van der Waals surface area (Å²) in [6, 6.07) is 13.8. The van der Waals surface area contributed by atoms with Crippen molar-refractivity contribution in [3.63, 3.8) is 0 Å². The highest BCUT2D eigenvalue weighted by Crippen LogP contribution is 2.34. The van der Waals surface area contributed by atoms with E-state index < -0.39 is 0 Å². The smallest absolute Gasteiger partial charge is 0.283 e. The molecule has 1 aliphatic rings. The zero-order valence-corrected chi connectivity index (χ0v) is 23.4. The van der Waals surface area contributed by atoms with Gasteiger partial charge in [-0.3, -0.25) is 0 Å². The number of nitrogens with zero attached hydrogens (tertiary/aromatic N) is 3. The predicted molar refractivity (Wildman–Crippen MR) is 150 cm³/mol. The van der Waals surface area contributed by atoms with Gasteiger partial charge in [-0.05, 0) is 74.0 Å². The second-order valence-corrected chi connectivity index (χ2v) is 10.7. The summed E-state index contributed by atoms with van der Waals surface area (Å²) < 4.78 is 17.9. The third kappa shape index (κ3) is 6.80. The van der Waals surface area contributed by atoms with Crippen LogP contribution in [0.5, 0.6) is 5.75 Å². The van der Waals surface area contributed by atoms with Gasteiger partial charge in [0.05, 0.1) is 22.0 Å². The van der Waals surface area contributed by atoms with Crippen molar-refractivity contribution >= 4 is 46.6 Å². The molecule has 4 aromatic rings. The van der Waals surface area contributed by atoms with Crippen molar-refractivity contribution in [2.45, 2.75) is 45.4 Å². The van der Waals surface area contributed by atoms with Gasteiger partial charge >= 0.3 is 0 Å². The number of fused-ring (bicyclic) bond motifs is 1. The van der Waals surface area contributed by atoms with Crippen LogP contribution in [0.2, 0.25) is 10.0 Å². The number of rotatable bonds is 9.